The highest BCUT2D eigenvalue weighted by Gasteiger charge is 2.11. The van der Waals surface area contributed by atoms with Crippen LogP contribution in [0.15, 0.2) is 41.8 Å². The van der Waals surface area contributed by atoms with Gasteiger partial charge in [-0.1, -0.05) is 6.07 Å². The lowest BCUT2D eigenvalue weighted by molar-refractivity contribution is 0.0936. The van der Waals surface area contributed by atoms with Crippen molar-refractivity contribution >= 4 is 28.8 Å². The fourth-order valence-corrected chi connectivity index (χ4v) is 2.70. The number of aliphatic hydroxyl groups excluding tert-OH is 1. The molecule has 1 unspecified atom stereocenters. The van der Waals surface area contributed by atoms with Crippen LogP contribution >= 0.6 is 11.3 Å². The van der Waals surface area contributed by atoms with Gasteiger partial charge in [-0.05, 0) is 55.5 Å². The van der Waals surface area contributed by atoms with Gasteiger partial charge in [0.1, 0.15) is 0 Å². The van der Waals surface area contributed by atoms with E-state index in [1.54, 1.807) is 30.3 Å². The minimum atomic E-state index is -0.161. The van der Waals surface area contributed by atoms with Gasteiger partial charge in [0, 0.05) is 23.9 Å². The van der Waals surface area contributed by atoms with Gasteiger partial charge in [-0.2, -0.15) is 0 Å². The second-order valence-electron chi connectivity index (χ2n) is 5.25. The molecular formula is C17H20N2O3S. The second-order valence-corrected chi connectivity index (χ2v) is 6.20. The molecule has 0 spiro atoms. The van der Waals surface area contributed by atoms with Crippen LogP contribution in [0, 0.1) is 0 Å². The number of thiophene rings is 1. The van der Waals surface area contributed by atoms with E-state index in [4.69, 9.17) is 5.11 Å². The molecule has 0 saturated carbocycles. The van der Waals surface area contributed by atoms with Gasteiger partial charge in [-0.25, -0.2) is 0 Å². The smallest absolute Gasteiger partial charge is 0.265 e. The second kappa shape index (κ2) is 8.45. The van der Waals surface area contributed by atoms with Crippen molar-refractivity contribution < 1.29 is 14.7 Å². The van der Waals surface area contributed by atoms with Crippen LogP contribution in [0.4, 0.5) is 5.69 Å². The molecule has 122 valence electrons. The SMILES string of the molecule is CC(CCCO)NC(=O)c1ccc(NC(=O)c2cccs2)cc1. The van der Waals surface area contributed by atoms with E-state index in [0.29, 0.717) is 22.5 Å². The van der Waals surface area contributed by atoms with Crippen molar-refractivity contribution in [3.63, 3.8) is 0 Å². The molecule has 3 N–H and O–H groups in total. The summed E-state index contributed by atoms with van der Waals surface area (Å²) in [4.78, 5) is 24.7. The Bertz CT molecular complexity index is 638. The van der Waals surface area contributed by atoms with Gasteiger partial charge < -0.3 is 15.7 Å². The predicted molar refractivity (Wildman–Crippen MR) is 92.0 cm³/mol. The maximum absolute atomic E-state index is 12.1. The maximum atomic E-state index is 12.1. The van der Waals surface area contributed by atoms with E-state index in [-0.39, 0.29) is 24.5 Å². The van der Waals surface area contributed by atoms with Crippen molar-refractivity contribution in [1.29, 1.82) is 0 Å². The van der Waals surface area contributed by atoms with Gasteiger partial charge in [0.2, 0.25) is 0 Å². The molecule has 0 saturated heterocycles. The average molecular weight is 332 g/mol. The Morgan fingerprint density at radius 2 is 1.91 bits per heavy atom. The van der Waals surface area contributed by atoms with Crippen molar-refractivity contribution in [2.75, 3.05) is 11.9 Å². The Hall–Kier alpha value is -2.18. The summed E-state index contributed by atoms with van der Waals surface area (Å²) in [7, 11) is 0. The Morgan fingerprint density at radius 1 is 1.17 bits per heavy atom. The fraction of sp³-hybridized carbons (Fsp3) is 0.294. The van der Waals surface area contributed by atoms with Crippen LogP contribution in [0.5, 0.6) is 0 Å². The van der Waals surface area contributed by atoms with Crippen molar-refractivity contribution in [1.82, 2.24) is 5.32 Å². The molecule has 5 nitrogen and oxygen atoms in total. The largest absolute Gasteiger partial charge is 0.396 e. The van der Waals surface area contributed by atoms with Gasteiger partial charge in [0.05, 0.1) is 4.88 Å². The number of aliphatic hydroxyl groups is 1. The van der Waals surface area contributed by atoms with Gasteiger partial charge in [-0.3, -0.25) is 9.59 Å². The summed E-state index contributed by atoms with van der Waals surface area (Å²) in [6.45, 7) is 2.03. The van der Waals surface area contributed by atoms with E-state index >= 15 is 0 Å². The summed E-state index contributed by atoms with van der Waals surface area (Å²) in [5.41, 5.74) is 1.18. The van der Waals surface area contributed by atoms with Crippen LogP contribution in [-0.4, -0.2) is 29.6 Å². The number of nitrogens with one attached hydrogen (secondary N) is 2. The van der Waals surface area contributed by atoms with Crippen LogP contribution in [0.3, 0.4) is 0 Å². The lowest BCUT2D eigenvalue weighted by Crippen LogP contribution is -2.32. The zero-order chi connectivity index (χ0) is 16.7. The molecule has 0 bridgehead atoms. The molecule has 1 aromatic carbocycles. The summed E-state index contributed by atoms with van der Waals surface area (Å²) in [5, 5.41) is 16.3. The van der Waals surface area contributed by atoms with Gasteiger partial charge in [0.25, 0.3) is 11.8 Å². The number of benzene rings is 1. The Morgan fingerprint density at radius 3 is 2.52 bits per heavy atom. The molecule has 1 atom stereocenters. The first-order chi connectivity index (χ1) is 11.1. The van der Waals surface area contributed by atoms with E-state index in [1.165, 1.54) is 11.3 Å². The van der Waals surface area contributed by atoms with Gasteiger partial charge >= 0.3 is 0 Å². The number of rotatable bonds is 7. The minimum absolute atomic E-state index is 0.00728. The number of amides is 2. The first-order valence-electron chi connectivity index (χ1n) is 7.47. The molecular weight excluding hydrogens is 312 g/mol. The molecule has 0 aliphatic carbocycles. The fourth-order valence-electron chi connectivity index (χ4n) is 2.08. The Balaban J connectivity index is 1.91. The van der Waals surface area contributed by atoms with E-state index in [0.717, 1.165) is 6.42 Å². The minimum Gasteiger partial charge on any atom is -0.396 e. The average Bonchev–Trinajstić information content (AvgIpc) is 3.08. The summed E-state index contributed by atoms with van der Waals surface area (Å²) < 4.78 is 0. The van der Waals surface area contributed by atoms with Crippen molar-refractivity contribution in [3.05, 3.63) is 52.2 Å². The number of anilines is 1. The number of hydrogen-bond acceptors (Lipinski definition) is 4. The standard InChI is InChI=1S/C17H20N2O3S/c1-12(4-2-10-20)18-16(21)13-6-8-14(9-7-13)19-17(22)15-5-3-11-23-15/h3,5-9,11-12,20H,2,4,10H2,1H3,(H,18,21)(H,19,22). The highest BCUT2D eigenvalue weighted by molar-refractivity contribution is 7.12. The molecule has 2 aromatic rings. The highest BCUT2D eigenvalue weighted by Crippen LogP contribution is 2.14. The molecule has 23 heavy (non-hydrogen) atoms. The number of carbonyl (C=O) groups excluding carboxylic acids is 2. The van der Waals surface area contributed by atoms with Crippen LogP contribution in [0.25, 0.3) is 0 Å². The third kappa shape index (κ3) is 5.19. The lowest BCUT2D eigenvalue weighted by atomic mass is 10.1. The van der Waals surface area contributed by atoms with E-state index in [9.17, 15) is 9.59 Å². The maximum Gasteiger partial charge on any atom is 0.265 e. The van der Waals surface area contributed by atoms with Crippen LogP contribution in [0.2, 0.25) is 0 Å². The Kier molecular flexibility index (Phi) is 6.31. The van der Waals surface area contributed by atoms with Crippen LogP contribution in [-0.2, 0) is 0 Å². The van der Waals surface area contributed by atoms with Crippen LogP contribution < -0.4 is 10.6 Å². The van der Waals surface area contributed by atoms with Gasteiger partial charge in [-0.15, -0.1) is 11.3 Å². The molecule has 1 aromatic heterocycles. The van der Waals surface area contributed by atoms with E-state index in [1.807, 2.05) is 18.4 Å². The topological polar surface area (TPSA) is 78.4 Å². The molecule has 2 amide bonds. The lowest BCUT2D eigenvalue weighted by Gasteiger charge is -2.13. The van der Waals surface area contributed by atoms with Crippen LogP contribution in [0.1, 0.15) is 39.8 Å². The molecule has 0 aliphatic rings. The number of hydrogen-bond donors (Lipinski definition) is 3. The molecule has 2 rings (SSSR count). The molecule has 6 heteroatoms. The van der Waals surface area contributed by atoms with E-state index < -0.39 is 0 Å². The highest BCUT2D eigenvalue weighted by atomic mass is 32.1. The third-order valence-corrected chi connectivity index (χ3v) is 4.19. The Labute approximate surface area is 139 Å². The quantitative estimate of drug-likeness (QED) is 0.729. The zero-order valence-electron chi connectivity index (χ0n) is 12.9. The third-order valence-electron chi connectivity index (χ3n) is 3.32. The molecule has 1 heterocycles. The van der Waals surface area contributed by atoms with Gasteiger partial charge in [0.15, 0.2) is 0 Å². The summed E-state index contributed by atoms with van der Waals surface area (Å²) in [6, 6.07) is 10.4. The summed E-state index contributed by atoms with van der Waals surface area (Å²) in [6.07, 6.45) is 1.40. The summed E-state index contributed by atoms with van der Waals surface area (Å²) >= 11 is 1.38. The first kappa shape index (κ1) is 17.2. The number of carbonyl (C=O) groups is 2. The molecule has 0 aliphatic heterocycles. The predicted octanol–water partition coefficient (Wildman–Crippen LogP) is 2.89. The van der Waals surface area contributed by atoms with Crippen molar-refractivity contribution in [3.8, 4) is 0 Å². The zero-order valence-corrected chi connectivity index (χ0v) is 13.7. The molecule has 0 fully saturated rings. The van der Waals surface area contributed by atoms with E-state index in [2.05, 4.69) is 10.6 Å². The normalized spacial score (nSPS) is 11.7. The van der Waals surface area contributed by atoms with Crippen molar-refractivity contribution in [2.45, 2.75) is 25.8 Å². The summed E-state index contributed by atoms with van der Waals surface area (Å²) in [5.74, 6) is -0.318. The monoisotopic (exact) mass is 332 g/mol. The first-order valence-corrected chi connectivity index (χ1v) is 8.34. The van der Waals surface area contributed by atoms with Crippen molar-refractivity contribution in [2.24, 2.45) is 0 Å². The molecule has 0 radical (unpaired) electrons.